The first-order chi connectivity index (χ1) is 20.4. The van der Waals surface area contributed by atoms with E-state index in [1.807, 2.05) is 6.92 Å². The minimum Gasteiger partial charge on any atom is -0.477 e. The lowest BCUT2D eigenvalue weighted by Crippen LogP contribution is -2.37. The number of nitrogens with one attached hydrogen (secondary N) is 2. The number of anilines is 1. The fraction of sp³-hybridized carbons (Fsp3) is 0.226. The van der Waals surface area contributed by atoms with E-state index in [1.54, 1.807) is 47.1 Å². The third-order valence-corrected chi connectivity index (χ3v) is 6.86. The molecular weight excluding hydrogens is 542 g/mol. The molecule has 9 nitrogen and oxygen atoms in total. The van der Waals surface area contributed by atoms with Gasteiger partial charge in [0.15, 0.2) is 12.5 Å². The smallest absolute Gasteiger partial charge is 0.261 e. The summed E-state index contributed by atoms with van der Waals surface area (Å²) in [5, 5.41) is 10.4. The molecule has 1 aromatic heterocycles. The maximum Gasteiger partial charge on any atom is 0.261 e. The van der Waals surface area contributed by atoms with E-state index in [4.69, 9.17) is 10.5 Å². The van der Waals surface area contributed by atoms with Gasteiger partial charge in [-0.1, -0.05) is 61.5 Å². The molecule has 11 heteroatoms. The molecule has 2 unspecified atom stereocenters. The van der Waals surface area contributed by atoms with Crippen LogP contribution in [0.15, 0.2) is 77.8 Å². The Balaban J connectivity index is 1.54. The second-order valence-electron chi connectivity index (χ2n) is 9.77. The van der Waals surface area contributed by atoms with Crippen molar-refractivity contribution in [2.45, 2.75) is 19.6 Å². The molecule has 3 aromatic carbocycles. The number of amides is 1. The molecule has 0 aliphatic carbocycles. The first-order valence-corrected chi connectivity index (χ1v) is 13.5. The van der Waals surface area contributed by atoms with E-state index in [0.29, 0.717) is 31.5 Å². The van der Waals surface area contributed by atoms with Crippen molar-refractivity contribution >= 4 is 23.6 Å². The van der Waals surface area contributed by atoms with Crippen LogP contribution < -0.4 is 21.1 Å². The number of aliphatic imine (C=N–C) groups is 1. The minimum atomic E-state index is -1.40. The van der Waals surface area contributed by atoms with Crippen LogP contribution in [0.4, 0.5) is 14.5 Å². The number of halogens is 2. The highest BCUT2D eigenvalue weighted by molar-refractivity contribution is 6.16. The molecule has 0 spiro atoms. The zero-order chi connectivity index (χ0) is 29.6. The van der Waals surface area contributed by atoms with Crippen LogP contribution in [0.25, 0.3) is 11.3 Å². The molecule has 0 bridgehead atoms. The van der Waals surface area contributed by atoms with Gasteiger partial charge in [0.2, 0.25) is 5.88 Å². The Morgan fingerprint density at radius 2 is 1.86 bits per heavy atom. The van der Waals surface area contributed by atoms with Crippen molar-refractivity contribution in [1.29, 1.82) is 0 Å². The molecule has 42 heavy (non-hydrogen) atoms. The number of hydrogen-bond donors (Lipinski definition) is 3. The molecule has 1 aliphatic rings. The summed E-state index contributed by atoms with van der Waals surface area (Å²) in [4.78, 5) is 30.5. The van der Waals surface area contributed by atoms with Crippen molar-refractivity contribution in [3.8, 4) is 17.1 Å². The van der Waals surface area contributed by atoms with Gasteiger partial charge >= 0.3 is 0 Å². The second kappa shape index (κ2) is 12.7. The van der Waals surface area contributed by atoms with Gasteiger partial charge < -0.3 is 21.1 Å². The number of ether oxygens (including phenoxy) is 1. The van der Waals surface area contributed by atoms with Crippen LogP contribution in [-0.4, -0.2) is 53.5 Å². The van der Waals surface area contributed by atoms with Crippen LogP contribution in [-0.2, 0) is 11.3 Å². The Hall–Kier alpha value is -4.90. The van der Waals surface area contributed by atoms with Crippen molar-refractivity contribution < 1.29 is 23.1 Å². The average Bonchev–Trinajstić information content (AvgIpc) is 3.39. The van der Waals surface area contributed by atoms with Crippen LogP contribution in [0, 0.1) is 17.6 Å². The second-order valence-corrected chi connectivity index (χ2v) is 9.77. The molecule has 2 heterocycles. The number of rotatable bonds is 10. The van der Waals surface area contributed by atoms with E-state index in [2.05, 4.69) is 20.7 Å². The van der Waals surface area contributed by atoms with E-state index in [-0.39, 0.29) is 45.6 Å². The van der Waals surface area contributed by atoms with Crippen molar-refractivity contribution in [1.82, 2.24) is 20.4 Å². The lowest BCUT2D eigenvalue weighted by atomic mass is 10.0. The molecule has 2 atom stereocenters. The Morgan fingerprint density at radius 3 is 2.60 bits per heavy atom. The molecule has 0 saturated heterocycles. The van der Waals surface area contributed by atoms with Crippen molar-refractivity contribution in [3.63, 3.8) is 0 Å². The fourth-order valence-electron chi connectivity index (χ4n) is 4.81. The summed E-state index contributed by atoms with van der Waals surface area (Å²) in [5.74, 6) is -1.69. The third-order valence-electron chi connectivity index (χ3n) is 6.86. The Morgan fingerprint density at radius 1 is 1.12 bits per heavy atom. The van der Waals surface area contributed by atoms with Gasteiger partial charge in [0.25, 0.3) is 5.91 Å². The number of hydrogen-bond acceptors (Lipinski definition) is 7. The van der Waals surface area contributed by atoms with Gasteiger partial charge in [0.1, 0.15) is 22.9 Å². The largest absolute Gasteiger partial charge is 0.477 e. The van der Waals surface area contributed by atoms with Crippen LogP contribution in [0.1, 0.15) is 28.4 Å². The van der Waals surface area contributed by atoms with Gasteiger partial charge in [-0.05, 0) is 24.7 Å². The van der Waals surface area contributed by atoms with Gasteiger partial charge in [0, 0.05) is 29.2 Å². The highest BCUT2D eigenvalue weighted by Crippen LogP contribution is 2.35. The predicted molar refractivity (Wildman–Crippen MR) is 155 cm³/mol. The monoisotopic (exact) mass is 572 g/mol. The number of nitrogens with two attached hydrogens (primary N) is 1. The lowest BCUT2D eigenvalue weighted by molar-refractivity contribution is -0.109. The molecule has 4 N–H and O–H groups in total. The summed E-state index contributed by atoms with van der Waals surface area (Å²) >= 11 is 0. The van der Waals surface area contributed by atoms with Crippen molar-refractivity contribution in [2.75, 3.05) is 25.4 Å². The quantitative estimate of drug-likeness (QED) is 0.151. The first-order valence-electron chi connectivity index (χ1n) is 13.5. The van der Waals surface area contributed by atoms with Crippen molar-refractivity contribution in [3.05, 3.63) is 101 Å². The van der Waals surface area contributed by atoms with Crippen LogP contribution in [0.5, 0.6) is 5.88 Å². The van der Waals surface area contributed by atoms with Crippen LogP contribution >= 0.6 is 0 Å². The van der Waals surface area contributed by atoms with Crippen LogP contribution in [0.2, 0.25) is 0 Å². The fourth-order valence-corrected chi connectivity index (χ4v) is 4.81. The topological polar surface area (TPSA) is 124 Å². The lowest BCUT2D eigenvalue weighted by Gasteiger charge is -2.24. The molecule has 216 valence electrons. The maximum absolute atomic E-state index is 14.9. The number of aromatic nitrogens is 2. The van der Waals surface area contributed by atoms with Gasteiger partial charge in [-0.3, -0.25) is 14.6 Å². The van der Waals surface area contributed by atoms with E-state index < -0.39 is 23.7 Å². The summed E-state index contributed by atoms with van der Waals surface area (Å²) in [7, 11) is 0. The maximum atomic E-state index is 14.9. The molecule has 5 rings (SSSR count). The van der Waals surface area contributed by atoms with Crippen molar-refractivity contribution in [2.24, 2.45) is 10.9 Å². The average molecular weight is 573 g/mol. The predicted octanol–water partition coefficient (Wildman–Crippen LogP) is 3.82. The Labute approximate surface area is 241 Å². The number of nitrogen functional groups attached to an aromatic ring is 1. The Bertz CT molecular complexity index is 1620. The standard InChI is InChI=1S/C31H30F2N6O3/c1-2-35-15-19-16-39-31(42-18-19)26(29(38-39)21-11-6-7-13-23(21)32)30(41)37-25(17-40)36-28(20-9-4-3-5-10-20)22-12-8-14-24(33)27(22)34/h3-14,17,19,25,35H,2,15-16,18,34H2,1H3,(H,37,41). The summed E-state index contributed by atoms with van der Waals surface area (Å²) in [6.07, 6.45) is -0.952. The van der Waals surface area contributed by atoms with E-state index in [1.165, 1.54) is 30.3 Å². The van der Waals surface area contributed by atoms with Gasteiger partial charge in [-0.2, -0.15) is 5.10 Å². The van der Waals surface area contributed by atoms with Gasteiger partial charge in [-0.15, -0.1) is 0 Å². The highest BCUT2D eigenvalue weighted by Gasteiger charge is 2.33. The summed E-state index contributed by atoms with van der Waals surface area (Å²) in [6.45, 7) is 4.24. The minimum absolute atomic E-state index is 0.0180. The third kappa shape index (κ3) is 5.91. The van der Waals surface area contributed by atoms with Gasteiger partial charge in [-0.25, -0.2) is 13.5 Å². The number of fused-ring (bicyclic) bond motifs is 1. The molecular formula is C31H30F2N6O3. The zero-order valence-electron chi connectivity index (χ0n) is 22.9. The molecule has 0 saturated carbocycles. The first kappa shape index (κ1) is 28.6. The van der Waals surface area contributed by atoms with E-state index >= 15 is 0 Å². The SMILES string of the molecule is CCNCC1COc2c(C(=O)NC(C=O)N=C(c3ccccc3)c3cccc(F)c3N)c(-c3ccccc3F)nn2C1. The Kier molecular flexibility index (Phi) is 8.68. The number of nitrogens with zero attached hydrogens (tertiary/aromatic N) is 3. The number of aldehydes is 1. The number of benzene rings is 3. The summed E-state index contributed by atoms with van der Waals surface area (Å²) in [5.41, 5.74) is 7.08. The van der Waals surface area contributed by atoms with Gasteiger partial charge in [0.05, 0.1) is 24.6 Å². The highest BCUT2D eigenvalue weighted by atomic mass is 19.1. The molecule has 0 radical (unpaired) electrons. The summed E-state index contributed by atoms with van der Waals surface area (Å²) in [6, 6.07) is 19.0. The number of carbonyl (C=O) groups is 2. The molecule has 1 amide bonds. The number of carbonyl (C=O) groups excluding carboxylic acids is 2. The molecule has 1 aliphatic heterocycles. The number of para-hydroxylation sites is 1. The van der Waals surface area contributed by atoms with E-state index in [9.17, 15) is 18.4 Å². The molecule has 4 aromatic rings. The van der Waals surface area contributed by atoms with E-state index in [0.717, 1.165) is 6.54 Å². The summed E-state index contributed by atoms with van der Waals surface area (Å²) < 4.78 is 36.8. The zero-order valence-corrected chi connectivity index (χ0v) is 22.9. The molecule has 0 fully saturated rings. The normalized spacial score (nSPS) is 15.4. The van der Waals surface area contributed by atoms with Crippen LogP contribution in [0.3, 0.4) is 0 Å².